The molecule has 0 N–H and O–H groups in total. The van der Waals surface area contributed by atoms with Gasteiger partial charge in [-0.2, -0.15) is 0 Å². The van der Waals surface area contributed by atoms with Gasteiger partial charge in [0, 0.05) is 7.05 Å². The molecule has 0 bridgehead atoms. The Morgan fingerprint density at radius 2 is 1.07 bits per heavy atom. The van der Waals surface area contributed by atoms with Gasteiger partial charge in [0.2, 0.25) is 0 Å². The van der Waals surface area contributed by atoms with Gasteiger partial charge in [0.05, 0.1) is 12.1 Å². The first-order valence-corrected chi connectivity index (χ1v) is 11.8. The molecule has 1 aromatic heterocycles. The average molecular weight is 380 g/mol. The summed E-state index contributed by atoms with van der Waals surface area (Å²) in [7, 11) is 1.70. The molecule has 148 valence electrons. The summed E-state index contributed by atoms with van der Waals surface area (Å²) in [5, 5.41) is 0. The van der Waals surface area contributed by atoms with E-state index in [0.717, 1.165) is 23.7 Å². The van der Waals surface area contributed by atoms with Gasteiger partial charge in [-0.1, -0.05) is 0 Å². The number of hydrogen-bond acceptors (Lipinski definition) is 2. The van der Waals surface area contributed by atoms with Crippen LogP contribution in [0.3, 0.4) is 0 Å². The first-order valence-electron chi connectivity index (χ1n) is 11.8. The van der Waals surface area contributed by atoms with Crippen molar-refractivity contribution in [3.63, 3.8) is 0 Å². The zero-order valence-electron chi connectivity index (χ0n) is 16.6. The second-order valence-electron chi connectivity index (χ2n) is 11.1. The second-order valence-corrected chi connectivity index (χ2v) is 11.1. The van der Waals surface area contributed by atoms with E-state index in [-0.39, 0.29) is 23.5 Å². The Kier molecular flexibility index (Phi) is 2.53. The van der Waals surface area contributed by atoms with E-state index in [9.17, 15) is 9.59 Å². The molecular formula is C23H29N3O2. The molecule has 1 aromatic rings. The van der Waals surface area contributed by atoms with Gasteiger partial charge in [0.15, 0.2) is 0 Å². The Labute approximate surface area is 164 Å². The Hall–Kier alpha value is -1.52. The molecule has 5 heteroatoms. The van der Waals surface area contributed by atoms with Crippen LogP contribution in [0.15, 0.2) is 20.7 Å². The van der Waals surface area contributed by atoms with Crippen molar-refractivity contribution < 1.29 is 0 Å². The van der Waals surface area contributed by atoms with Gasteiger partial charge in [0.25, 0.3) is 0 Å². The van der Waals surface area contributed by atoms with E-state index in [0.29, 0.717) is 23.7 Å². The Balaban J connectivity index is 1.47. The molecule has 0 unspecified atom stereocenters. The number of nitrogens with zero attached hydrogens (tertiary/aromatic N) is 3. The van der Waals surface area contributed by atoms with Crippen molar-refractivity contribution in [2.24, 2.45) is 54.4 Å². The molecule has 0 radical (unpaired) electrons. The minimum atomic E-state index is -0.0541. The van der Waals surface area contributed by atoms with Crippen molar-refractivity contribution in [2.45, 2.75) is 63.5 Å². The Morgan fingerprint density at radius 1 is 0.643 bits per heavy atom. The first kappa shape index (κ1) is 15.3. The van der Waals surface area contributed by atoms with Crippen LogP contribution >= 0.6 is 0 Å². The number of allylic oxidation sites excluding steroid dienone is 2. The van der Waals surface area contributed by atoms with Crippen LogP contribution in [0.1, 0.15) is 63.5 Å². The monoisotopic (exact) mass is 379 g/mol. The maximum atomic E-state index is 13.3. The van der Waals surface area contributed by atoms with E-state index in [1.54, 1.807) is 18.2 Å². The number of rotatable bonds is 0. The van der Waals surface area contributed by atoms with Crippen LogP contribution in [0.4, 0.5) is 0 Å². The van der Waals surface area contributed by atoms with Crippen molar-refractivity contribution in [2.75, 3.05) is 0 Å². The van der Waals surface area contributed by atoms with E-state index in [1.807, 2.05) is 9.36 Å². The van der Waals surface area contributed by atoms with Gasteiger partial charge in [-0.15, -0.1) is 0 Å². The van der Waals surface area contributed by atoms with E-state index in [4.69, 9.17) is 0 Å². The molecule has 2 heterocycles. The average Bonchev–Trinajstić information content (AvgIpc) is 3.46. The fourth-order valence-electron chi connectivity index (χ4n) is 10.2. The summed E-state index contributed by atoms with van der Waals surface area (Å²) in [5.74, 6) is 5.98. The van der Waals surface area contributed by atoms with Crippen LogP contribution in [-0.4, -0.2) is 13.9 Å². The zero-order valence-corrected chi connectivity index (χ0v) is 16.6. The highest BCUT2D eigenvalue weighted by Gasteiger charge is 2.65. The lowest BCUT2D eigenvalue weighted by Gasteiger charge is -2.36. The van der Waals surface area contributed by atoms with E-state index in [2.05, 4.69) is 0 Å². The fourth-order valence-corrected chi connectivity index (χ4v) is 10.2. The van der Waals surface area contributed by atoms with E-state index < -0.39 is 0 Å². The Morgan fingerprint density at radius 3 is 1.54 bits per heavy atom. The molecule has 7 aliphatic rings. The second kappa shape index (κ2) is 4.62. The highest BCUT2D eigenvalue weighted by molar-refractivity contribution is 5.41. The minimum absolute atomic E-state index is 0.0541. The van der Waals surface area contributed by atoms with Gasteiger partial charge in [0.1, 0.15) is 0 Å². The Bertz CT molecular complexity index is 991. The first-order chi connectivity index (χ1) is 13.7. The largest absolute Gasteiger partial charge is 0.347 e. The molecule has 6 fully saturated rings. The number of aromatic nitrogens is 3. The van der Waals surface area contributed by atoms with Gasteiger partial charge >= 0.3 is 11.4 Å². The molecule has 0 saturated heterocycles. The molecule has 5 nitrogen and oxygen atoms in total. The van der Waals surface area contributed by atoms with Crippen LogP contribution in [0.2, 0.25) is 0 Å². The predicted molar refractivity (Wildman–Crippen MR) is 104 cm³/mol. The van der Waals surface area contributed by atoms with Crippen LogP contribution in [0.25, 0.3) is 0 Å². The van der Waals surface area contributed by atoms with Crippen molar-refractivity contribution in [1.29, 1.82) is 0 Å². The standard InChI is InChI=1S/C23H29N3O2/c1-24-22(27)25-20-14-8-4-10-2-6-12(16(10)14)18(20)19-13-7-3-11-5-9-15(17(11)13)21(19)26(25)23(24)28/h10-17,20-21H,2-9H2,1H3/t10-,11-,12-,13-,14+,15+,16-,17+,20+,21+/m1/s1. The highest BCUT2D eigenvalue weighted by atomic mass is 16.2. The summed E-state index contributed by atoms with van der Waals surface area (Å²) in [4.78, 5) is 26.6. The molecule has 28 heavy (non-hydrogen) atoms. The maximum Gasteiger partial charge on any atom is 0.347 e. The SMILES string of the molecule is Cn1c(=O)n2n(c1=O)[C@@H]1C(=C3[C@@H]2[C@H]2CC[C@H]4CC[C@@H]3[C@H]42)[C@@H]2CC[C@@H]3CC[C@H]1[C@H]32. The van der Waals surface area contributed by atoms with Gasteiger partial charge in [-0.05, 0) is 110 Å². The molecule has 0 spiro atoms. The van der Waals surface area contributed by atoms with Crippen LogP contribution in [0.5, 0.6) is 0 Å². The van der Waals surface area contributed by atoms with Crippen LogP contribution < -0.4 is 11.4 Å². The van der Waals surface area contributed by atoms with Gasteiger partial charge in [-0.25, -0.2) is 23.5 Å². The van der Waals surface area contributed by atoms with Gasteiger partial charge < -0.3 is 0 Å². The third kappa shape index (κ3) is 1.39. The van der Waals surface area contributed by atoms with Crippen molar-refractivity contribution >= 4 is 0 Å². The summed E-state index contributed by atoms with van der Waals surface area (Å²) < 4.78 is 5.39. The molecule has 6 aliphatic carbocycles. The summed E-state index contributed by atoms with van der Waals surface area (Å²) in [6.07, 6.45) is 10.7. The van der Waals surface area contributed by atoms with Gasteiger partial charge in [-0.3, -0.25) is 0 Å². The third-order valence-corrected chi connectivity index (χ3v) is 10.8. The zero-order chi connectivity index (χ0) is 18.5. The molecule has 8 rings (SSSR count). The summed E-state index contributed by atoms with van der Waals surface area (Å²) >= 11 is 0. The summed E-state index contributed by atoms with van der Waals surface area (Å²) in [6.45, 7) is 0. The lowest BCUT2D eigenvalue weighted by molar-refractivity contribution is 0.225. The topological polar surface area (TPSA) is 48.9 Å². The fraction of sp³-hybridized carbons (Fsp3) is 0.826. The van der Waals surface area contributed by atoms with Crippen LogP contribution in [-0.2, 0) is 7.05 Å². The van der Waals surface area contributed by atoms with E-state index >= 15 is 0 Å². The molecule has 1 aliphatic heterocycles. The minimum Gasteiger partial charge on any atom is -0.246 e. The molecule has 0 aromatic carbocycles. The van der Waals surface area contributed by atoms with Crippen molar-refractivity contribution in [1.82, 2.24) is 13.9 Å². The molecule has 0 amide bonds. The molecule has 10 atom stereocenters. The van der Waals surface area contributed by atoms with Crippen molar-refractivity contribution in [3.8, 4) is 0 Å². The summed E-state index contributed by atoms with van der Waals surface area (Å²) in [5.41, 5.74) is 3.27. The summed E-state index contributed by atoms with van der Waals surface area (Å²) in [6, 6.07) is 0.400. The lowest BCUT2D eigenvalue weighted by Crippen LogP contribution is -2.41. The molecular weight excluding hydrogens is 350 g/mol. The highest BCUT2D eigenvalue weighted by Crippen LogP contribution is 2.71. The number of hydrogen-bond donors (Lipinski definition) is 0. The third-order valence-electron chi connectivity index (χ3n) is 10.8. The van der Waals surface area contributed by atoms with Crippen molar-refractivity contribution in [3.05, 3.63) is 32.1 Å². The quantitative estimate of drug-likeness (QED) is 0.651. The normalized spacial score (nSPS) is 51.5. The maximum absolute atomic E-state index is 13.3. The number of fused-ring (bicyclic) bond motifs is 9. The van der Waals surface area contributed by atoms with Crippen LogP contribution in [0, 0.1) is 47.3 Å². The lowest BCUT2D eigenvalue weighted by atomic mass is 9.83. The van der Waals surface area contributed by atoms with E-state index in [1.165, 1.54) is 55.9 Å². The smallest absolute Gasteiger partial charge is 0.246 e. The molecule has 6 saturated carbocycles. The predicted octanol–water partition coefficient (Wildman–Crippen LogP) is 2.87.